The Bertz CT molecular complexity index is 972. The van der Waals surface area contributed by atoms with E-state index in [0.717, 1.165) is 41.2 Å². The van der Waals surface area contributed by atoms with Crippen LogP contribution in [0.15, 0.2) is 24.3 Å². The van der Waals surface area contributed by atoms with Gasteiger partial charge in [-0.15, -0.1) is 0 Å². The third-order valence-electron chi connectivity index (χ3n) is 5.97. The smallest absolute Gasteiger partial charge is 0.231 e. The minimum atomic E-state index is -0.0168. The molecule has 0 radical (unpaired) electrons. The molecule has 0 spiro atoms. The Hall–Kier alpha value is -2.93. The predicted molar refractivity (Wildman–Crippen MR) is 127 cm³/mol. The molecule has 0 aliphatic carbocycles. The van der Waals surface area contributed by atoms with Crippen LogP contribution in [0.2, 0.25) is 0 Å². The molecule has 0 saturated carbocycles. The number of likely N-dealkylation sites (N-methyl/N-ethyl adjacent to an activating group) is 1. The van der Waals surface area contributed by atoms with Crippen molar-refractivity contribution in [1.29, 1.82) is 0 Å². The van der Waals surface area contributed by atoms with E-state index in [1.807, 2.05) is 38.4 Å². The number of aryl methyl sites for hydroxylation is 1. The van der Waals surface area contributed by atoms with Gasteiger partial charge in [-0.1, -0.05) is 13.0 Å². The number of hydrogen-bond donors (Lipinski definition) is 0. The summed E-state index contributed by atoms with van der Waals surface area (Å²) in [7, 11) is 8.98. The first-order valence-corrected chi connectivity index (χ1v) is 11.2. The van der Waals surface area contributed by atoms with E-state index in [4.69, 9.17) is 23.7 Å². The normalized spacial score (nSPS) is 13.2. The first-order chi connectivity index (χ1) is 15.9. The van der Waals surface area contributed by atoms with Crippen LogP contribution < -0.4 is 23.7 Å². The molecule has 0 N–H and O–H groups in total. The lowest BCUT2D eigenvalue weighted by atomic mass is 9.87. The summed E-state index contributed by atoms with van der Waals surface area (Å²) in [6.07, 6.45) is 2.30. The van der Waals surface area contributed by atoms with Gasteiger partial charge in [-0.25, -0.2) is 0 Å². The lowest BCUT2D eigenvalue weighted by Gasteiger charge is -2.22. The van der Waals surface area contributed by atoms with Gasteiger partial charge in [0.2, 0.25) is 12.5 Å². The molecule has 1 heterocycles. The van der Waals surface area contributed by atoms with Crippen LogP contribution >= 0.6 is 0 Å². The summed E-state index contributed by atoms with van der Waals surface area (Å²) < 4.78 is 27.8. The highest BCUT2D eigenvalue weighted by molar-refractivity contribution is 5.80. The molecular weight excluding hydrogens is 422 g/mol. The largest absolute Gasteiger partial charge is 0.497 e. The number of carbonyl (C=O) groups excluding carboxylic acids is 1. The maximum Gasteiger partial charge on any atom is 0.231 e. The van der Waals surface area contributed by atoms with Gasteiger partial charge in [-0.2, -0.15) is 0 Å². The lowest BCUT2D eigenvalue weighted by molar-refractivity contribution is -0.119. The Morgan fingerprint density at radius 3 is 2.48 bits per heavy atom. The monoisotopic (exact) mass is 457 g/mol. The second-order valence-electron chi connectivity index (χ2n) is 8.59. The van der Waals surface area contributed by atoms with Gasteiger partial charge in [-0.3, -0.25) is 4.79 Å². The molecule has 3 rings (SSSR count). The molecule has 1 aliphatic rings. The predicted octanol–water partition coefficient (Wildman–Crippen LogP) is 4.24. The zero-order valence-corrected chi connectivity index (χ0v) is 20.5. The van der Waals surface area contributed by atoms with Crippen LogP contribution in [0.3, 0.4) is 0 Å². The van der Waals surface area contributed by atoms with Crippen molar-refractivity contribution in [3.8, 4) is 28.7 Å². The number of methoxy groups -OCH3 is 3. The highest BCUT2D eigenvalue weighted by Crippen LogP contribution is 2.48. The fraction of sp³-hybridized carbons (Fsp3) is 0.500. The van der Waals surface area contributed by atoms with Crippen molar-refractivity contribution < 1.29 is 28.5 Å². The molecule has 0 fully saturated rings. The second-order valence-corrected chi connectivity index (χ2v) is 8.59. The first-order valence-electron chi connectivity index (χ1n) is 11.2. The number of carbonyl (C=O) groups is 1. The zero-order valence-electron chi connectivity index (χ0n) is 20.5. The number of Topliss-reactive ketones (excluding diaryl/α,β-unsaturated/α-hetero) is 1. The summed E-state index contributed by atoms with van der Waals surface area (Å²) in [4.78, 5) is 15.1. The van der Waals surface area contributed by atoms with Crippen LogP contribution in [-0.4, -0.2) is 59.4 Å². The molecule has 0 aromatic heterocycles. The topological polar surface area (TPSA) is 66.5 Å². The number of rotatable bonds is 12. The van der Waals surface area contributed by atoms with E-state index in [1.165, 1.54) is 0 Å². The van der Waals surface area contributed by atoms with Crippen molar-refractivity contribution >= 4 is 5.78 Å². The van der Waals surface area contributed by atoms with Crippen molar-refractivity contribution in [2.24, 2.45) is 0 Å². The lowest BCUT2D eigenvalue weighted by Crippen LogP contribution is -2.17. The SMILES string of the molecule is COc1ccc(CCC(=O)CC(C)c2c(CCN(C)C)cc3c(c2OC)OCO3)c(OC)c1. The Kier molecular flexibility index (Phi) is 8.44. The van der Waals surface area contributed by atoms with E-state index < -0.39 is 0 Å². The van der Waals surface area contributed by atoms with Gasteiger partial charge >= 0.3 is 0 Å². The van der Waals surface area contributed by atoms with Gasteiger partial charge in [0, 0.05) is 31.0 Å². The van der Waals surface area contributed by atoms with Crippen LogP contribution in [-0.2, 0) is 17.6 Å². The third-order valence-corrected chi connectivity index (χ3v) is 5.97. The first kappa shape index (κ1) is 24.7. The summed E-state index contributed by atoms with van der Waals surface area (Å²) >= 11 is 0. The van der Waals surface area contributed by atoms with Crippen LogP contribution in [0.5, 0.6) is 28.7 Å². The molecule has 0 bridgehead atoms. The number of hydrogen-bond acceptors (Lipinski definition) is 7. The van der Waals surface area contributed by atoms with Crippen molar-refractivity contribution in [1.82, 2.24) is 4.90 Å². The molecule has 7 heteroatoms. The van der Waals surface area contributed by atoms with Gasteiger partial charge in [0.1, 0.15) is 17.3 Å². The maximum absolute atomic E-state index is 13.0. The van der Waals surface area contributed by atoms with Crippen molar-refractivity contribution in [2.45, 2.75) is 38.5 Å². The van der Waals surface area contributed by atoms with Crippen LogP contribution in [0.25, 0.3) is 0 Å². The molecule has 1 unspecified atom stereocenters. The Morgan fingerprint density at radius 1 is 1.03 bits per heavy atom. The van der Waals surface area contributed by atoms with Crippen LogP contribution in [0, 0.1) is 0 Å². The number of ether oxygens (including phenoxy) is 5. The Balaban J connectivity index is 1.76. The highest BCUT2D eigenvalue weighted by atomic mass is 16.7. The molecule has 33 heavy (non-hydrogen) atoms. The molecule has 1 aliphatic heterocycles. The maximum atomic E-state index is 13.0. The van der Waals surface area contributed by atoms with Crippen LogP contribution in [0.4, 0.5) is 0 Å². The van der Waals surface area contributed by atoms with E-state index in [2.05, 4.69) is 11.8 Å². The van der Waals surface area contributed by atoms with Gasteiger partial charge in [0.25, 0.3) is 0 Å². The fourth-order valence-corrected chi connectivity index (χ4v) is 4.25. The van der Waals surface area contributed by atoms with Crippen molar-refractivity contribution in [3.63, 3.8) is 0 Å². The molecule has 2 aromatic carbocycles. The van der Waals surface area contributed by atoms with E-state index >= 15 is 0 Å². The average Bonchev–Trinajstić information content (AvgIpc) is 3.28. The van der Waals surface area contributed by atoms with Gasteiger partial charge in [-0.05, 0) is 56.1 Å². The van der Waals surface area contributed by atoms with Gasteiger partial charge in [0.15, 0.2) is 11.5 Å². The standard InChI is InChI=1S/C26H35NO6/c1-17(13-20(28)9-7-18-8-10-21(29-4)15-22(18)30-5)24-19(11-12-27(2)3)14-23-25(26(24)31-6)33-16-32-23/h8,10,14-15,17H,7,9,11-13,16H2,1-6H3. The summed E-state index contributed by atoms with van der Waals surface area (Å²) in [5.41, 5.74) is 3.15. The molecule has 0 amide bonds. The Labute approximate surface area is 196 Å². The van der Waals surface area contributed by atoms with Gasteiger partial charge in [0.05, 0.1) is 21.3 Å². The average molecular weight is 458 g/mol. The third kappa shape index (κ3) is 5.90. The van der Waals surface area contributed by atoms with E-state index in [0.29, 0.717) is 36.5 Å². The molecular formula is C26H35NO6. The number of fused-ring (bicyclic) bond motifs is 1. The second kappa shape index (κ2) is 11.3. The van der Waals surface area contributed by atoms with Crippen molar-refractivity contribution in [2.75, 3.05) is 48.8 Å². The molecule has 2 aromatic rings. The minimum absolute atomic E-state index is 0.0168. The highest BCUT2D eigenvalue weighted by Gasteiger charge is 2.28. The van der Waals surface area contributed by atoms with Crippen LogP contribution in [0.1, 0.15) is 42.4 Å². The molecule has 1 atom stereocenters. The van der Waals surface area contributed by atoms with E-state index in [1.54, 1.807) is 21.3 Å². The van der Waals surface area contributed by atoms with E-state index in [-0.39, 0.29) is 18.5 Å². The minimum Gasteiger partial charge on any atom is -0.497 e. The van der Waals surface area contributed by atoms with Crippen molar-refractivity contribution in [3.05, 3.63) is 41.0 Å². The number of benzene rings is 2. The summed E-state index contributed by atoms with van der Waals surface area (Å²) in [6, 6.07) is 7.72. The molecule has 7 nitrogen and oxygen atoms in total. The summed E-state index contributed by atoms with van der Waals surface area (Å²) in [5.74, 6) is 3.65. The van der Waals surface area contributed by atoms with Gasteiger partial charge < -0.3 is 28.6 Å². The summed E-state index contributed by atoms with van der Waals surface area (Å²) in [5, 5.41) is 0. The molecule has 0 saturated heterocycles. The number of nitrogens with zero attached hydrogens (tertiary/aromatic N) is 1. The number of ketones is 1. The Morgan fingerprint density at radius 2 is 1.82 bits per heavy atom. The molecule has 180 valence electrons. The quantitative estimate of drug-likeness (QED) is 0.472. The zero-order chi connectivity index (χ0) is 24.0. The van der Waals surface area contributed by atoms with E-state index in [9.17, 15) is 4.79 Å². The fourth-order valence-electron chi connectivity index (χ4n) is 4.25. The summed E-state index contributed by atoms with van der Waals surface area (Å²) in [6.45, 7) is 3.14.